The highest BCUT2D eigenvalue weighted by molar-refractivity contribution is 7.99. The van der Waals surface area contributed by atoms with Crippen LogP contribution in [0.5, 0.6) is 0 Å². The molecule has 0 saturated carbocycles. The lowest BCUT2D eigenvalue weighted by molar-refractivity contribution is -0.117. The van der Waals surface area contributed by atoms with Crippen LogP contribution in [0.25, 0.3) is 17.1 Å². The molecule has 0 aliphatic heterocycles. The van der Waals surface area contributed by atoms with Crippen LogP contribution in [-0.2, 0) is 4.79 Å². The van der Waals surface area contributed by atoms with Crippen LogP contribution in [0.4, 0.5) is 4.79 Å². The maximum absolute atomic E-state index is 12.1. The van der Waals surface area contributed by atoms with Crippen LogP contribution in [0.3, 0.4) is 0 Å². The number of carbonyl (C=O) groups excluding carboxylic acids is 2. The number of benzene rings is 2. The van der Waals surface area contributed by atoms with Crippen molar-refractivity contribution < 1.29 is 9.59 Å². The Morgan fingerprint density at radius 2 is 1.87 bits per heavy atom. The maximum Gasteiger partial charge on any atom is 0.321 e. The van der Waals surface area contributed by atoms with Crippen molar-refractivity contribution in [3.05, 3.63) is 58.6 Å². The van der Waals surface area contributed by atoms with E-state index in [0.29, 0.717) is 33.1 Å². The zero-order valence-electron chi connectivity index (χ0n) is 16.1. The van der Waals surface area contributed by atoms with Crippen molar-refractivity contribution in [2.75, 3.05) is 12.3 Å². The molecule has 0 aliphatic carbocycles. The Kier molecular flexibility index (Phi) is 7.73. The summed E-state index contributed by atoms with van der Waals surface area (Å²) in [7, 11) is 0. The summed E-state index contributed by atoms with van der Waals surface area (Å²) in [5.74, 6) is 0.0903. The molecule has 0 unspecified atom stereocenters. The lowest BCUT2D eigenvalue weighted by Crippen LogP contribution is -2.40. The first-order valence-electron chi connectivity index (χ1n) is 9.16. The van der Waals surface area contributed by atoms with Crippen LogP contribution in [0, 0.1) is 0 Å². The Hall–Kier alpha value is -2.55. The van der Waals surface area contributed by atoms with Crippen LogP contribution >= 0.6 is 35.0 Å². The van der Waals surface area contributed by atoms with E-state index in [4.69, 9.17) is 23.2 Å². The quantitative estimate of drug-likeness (QED) is 0.500. The van der Waals surface area contributed by atoms with Crippen molar-refractivity contribution in [3.8, 4) is 17.1 Å². The number of carbonyl (C=O) groups is 2. The molecule has 7 nitrogen and oxygen atoms in total. The van der Waals surface area contributed by atoms with E-state index >= 15 is 0 Å². The predicted octanol–water partition coefficient (Wildman–Crippen LogP) is 4.57. The minimum atomic E-state index is -0.513. The van der Waals surface area contributed by atoms with Gasteiger partial charge in [0.2, 0.25) is 5.91 Å². The third kappa shape index (κ3) is 5.53. The summed E-state index contributed by atoms with van der Waals surface area (Å²) in [5.41, 5.74) is 1.47. The van der Waals surface area contributed by atoms with Gasteiger partial charge >= 0.3 is 6.03 Å². The molecule has 30 heavy (non-hydrogen) atoms. The highest BCUT2D eigenvalue weighted by atomic mass is 35.5. The number of rotatable bonds is 7. The van der Waals surface area contributed by atoms with Crippen molar-refractivity contribution >= 4 is 46.9 Å². The minimum absolute atomic E-state index is 0.00113. The minimum Gasteiger partial charge on any atom is -0.338 e. The Morgan fingerprint density at radius 3 is 2.57 bits per heavy atom. The number of hydrogen-bond donors (Lipinski definition) is 2. The van der Waals surface area contributed by atoms with E-state index in [1.807, 2.05) is 41.8 Å². The average Bonchev–Trinajstić information content (AvgIpc) is 3.15. The number of para-hydroxylation sites is 1. The summed E-state index contributed by atoms with van der Waals surface area (Å²) in [6, 6.07) is 14.1. The summed E-state index contributed by atoms with van der Waals surface area (Å²) in [6.45, 7) is 2.43. The molecule has 1 heterocycles. The Bertz CT molecular complexity index is 1040. The number of amides is 3. The second-order valence-electron chi connectivity index (χ2n) is 6.19. The molecule has 0 aliphatic rings. The molecule has 2 aromatic carbocycles. The van der Waals surface area contributed by atoms with Gasteiger partial charge in [0.05, 0.1) is 10.8 Å². The SMILES string of the molecule is CCCNC(=O)NC(=O)CSc1nnc(-c2ccc(Cl)cc2Cl)n1-c1ccccc1. The van der Waals surface area contributed by atoms with Gasteiger partial charge < -0.3 is 5.32 Å². The molecule has 3 rings (SSSR count). The molecular formula is C20H19Cl2N5O2S. The van der Waals surface area contributed by atoms with Crippen molar-refractivity contribution in [1.29, 1.82) is 0 Å². The topological polar surface area (TPSA) is 88.9 Å². The molecule has 0 saturated heterocycles. The van der Waals surface area contributed by atoms with Crippen LogP contribution in [0.2, 0.25) is 10.0 Å². The number of imide groups is 1. The van der Waals surface area contributed by atoms with E-state index in [-0.39, 0.29) is 5.75 Å². The first-order valence-corrected chi connectivity index (χ1v) is 10.9. The average molecular weight is 464 g/mol. The van der Waals surface area contributed by atoms with Crippen LogP contribution in [0.15, 0.2) is 53.7 Å². The van der Waals surface area contributed by atoms with Crippen molar-refractivity contribution in [3.63, 3.8) is 0 Å². The van der Waals surface area contributed by atoms with Gasteiger partial charge in [-0.1, -0.05) is 60.1 Å². The summed E-state index contributed by atoms with van der Waals surface area (Å²) in [6.07, 6.45) is 0.784. The molecule has 3 amide bonds. The third-order valence-electron chi connectivity index (χ3n) is 3.94. The lowest BCUT2D eigenvalue weighted by Gasteiger charge is -2.11. The zero-order chi connectivity index (χ0) is 21.5. The normalized spacial score (nSPS) is 10.6. The van der Waals surface area contributed by atoms with Gasteiger partial charge in [-0.05, 0) is 36.8 Å². The molecule has 3 aromatic rings. The fourth-order valence-electron chi connectivity index (χ4n) is 2.59. The first-order chi connectivity index (χ1) is 14.5. The van der Waals surface area contributed by atoms with Gasteiger partial charge in [0.1, 0.15) is 0 Å². The fraction of sp³-hybridized carbons (Fsp3) is 0.200. The molecule has 0 atom stereocenters. The molecule has 0 fully saturated rings. The smallest absolute Gasteiger partial charge is 0.321 e. The van der Waals surface area contributed by atoms with Gasteiger partial charge in [0.25, 0.3) is 0 Å². The highest BCUT2D eigenvalue weighted by Gasteiger charge is 2.19. The number of hydrogen-bond acceptors (Lipinski definition) is 5. The monoisotopic (exact) mass is 463 g/mol. The number of nitrogens with one attached hydrogen (secondary N) is 2. The summed E-state index contributed by atoms with van der Waals surface area (Å²) in [5, 5.41) is 14.9. The van der Waals surface area contributed by atoms with E-state index in [1.165, 1.54) is 11.8 Å². The van der Waals surface area contributed by atoms with E-state index in [9.17, 15) is 9.59 Å². The molecule has 156 valence electrons. The number of aromatic nitrogens is 3. The van der Waals surface area contributed by atoms with Gasteiger partial charge in [-0.3, -0.25) is 14.7 Å². The third-order valence-corrected chi connectivity index (χ3v) is 5.42. The van der Waals surface area contributed by atoms with E-state index < -0.39 is 11.9 Å². The lowest BCUT2D eigenvalue weighted by atomic mass is 10.2. The summed E-state index contributed by atoms with van der Waals surface area (Å²) in [4.78, 5) is 23.8. The van der Waals surface area contributed by atoms with Crippen LogP contribution in [-0.4, -0.2) is 39.0 Å². The fourth-order valence-corrected chi connectivity index (χ4v) is 3.84. The predicted molar refractivity (Wildman–Crippen MR) is 119 cm³/mol. The van der Waals surface area contributed by atoms with Crippen molar-refractivity contribution in [2.24, 2.45) is 0 Å². The van der Waals surface area contributed by atoms with Crippen LogP contribution < -0.4 is 10.6 Å². The number of urea groups is 1. The highest BCUT2D eigenvalue weighted by Crippen LogP contribution is 2.33. The molecule has 0 bridgehead atoms. The van der Waals surface area contributed by atoms with Crippen molar-refractivity contribution in [1.82, 2.24) is 25.4 Å². The maximum atomic E-state index is 12.1. The molecule has 0 spiro atoms. The summed E-state index contributed by atoms with van der Waals surface area (Å²) < 4.78 is 1.81. The van der Waals surface area contributed by atoms with Crippen LogP contribution in [0.1, 0.15) is 13.3 Å². The second-order valence-corrected chi connectivity index (χ2v) is 7.98. The number of thioether (sulfide) groups is 1. The number of halogens is 2. The number of nitrogens with zero attached hydrogens (tertiary/aromatic N) is 3. The summed E-state index contributed by atoms with van der Waals surface area (Å²) >= 11 is 13.6. The largest absolute Gasteiger partial charge is 0.338 e. The van der Waals surface area contributed by atoms with E-state index in [2.05, 4.69) is 20.8 Å². The zero-order valence-corrected chi connectivity index (χ0v) is 18.4. The molecular weight excluding hydrogens is 445 g/mol. The van der Waals surface area contributed by atoms with Gasteiger partial charge in [-0.25, -0.2) is 4.79 Å². The van der Waals surface area contributed by atoms with Gasteiger partial charge in [-0.2, -0.15) is 0 Å². The van der Waals surface area contributed by atoms with Crippen molar-refractivity contribution in [2.45, 2.75) is 18.5 Å². The molecule has 10 heteroatoms. The van der Waals surface area contributed by atoms with Gasteiger partial charge in [-0.15, -0.1) is 10.2 Å². The Morgan fingerprint density at radius 1 is 1.10 bits per heavy atom. The second kappa shape index (κ2) is 10.5. The Labute approximate surface area is 188 Å². The first kappa shape index (κ1) is 22.1. The molecule has 2 N–H and O–H groups in total. The molecule has 0 radical (unpaired) electrons. The van der Waals surface area contributed by atoms with E-state index in [1.54, 1.807) is 18.2 Å². The van der Waals surface area contributed by atoms with E-state index in [0.717, 1.165) is 12.1 Å². The Balaban J connectivity index is 1.86. The standard InChI is InChI=1S/C20H19Cl2N5O2S/c1-2-10-23-19(29)24-17(28)12-30-20-26-25-18(15-9-8-13(21)11-16(15)22)27(20)14-6-4-3-5-7-14/h3-9,11H,2,10,12H2,1H3,(H2,23,24,28,29). The van der Waals surface area contributed by atoms with Gasteiger partial charge in [0.15, 0.2) is 11.0 Å². The molecule has 1 aromatic heterocycles. The van der Waals surface area contributed by atoms with Gasteiger partial charge in [0, 0.05) is 22.8 Å².